The number of ether oxygens (including phenoxy) is 1. The van der Waals surface area contributed by atoms with Crippen LogP contribution in [0.4, 0.5) is 5.82 Å². The highest BCUT2D eigenvalue weighted by Gasteiger charge is 2.20. The molecule has 2 aromatic rings. The van der Waals surface area contributed by atoms with Gasteiger partial charge in [0.25, 0.3) is 0 Å². The normalized spacial score (nSPS) is 14.7. The van der Waals surface area contributed by atoms with Crippen molar-refractivity contribution in [2.24, 2.45) is 0 Å². The van der Waals surface area contributed by atoms with Crippen LogP contribution in [0.3, 0.4) is 0 Å². The average molecular weight is 403 g/mol. The summed E-state index contributed by atoms with van der Waals surface area (Å²) in [5, 5.41) is 5.05. The van der Waals surface area contributed by atoms with E-state index in [0.717, 1.165) is 32.0 Å². The Kier molecular flexibility index (Phi) is 7.00. The van der Waals surface area contributed by atoms with Crippen molar-refractivity contribution < 1.29 is 14.3 Å². The third-order valence-corrected chi connectivity index (χ3v) is 5.76. The Balaban J connectivity index is 1.43. The van der Waals surface area contributed by atoms with Gasteiger partial charge in [-0.15, -0.1) is 11.3 Å². The number of nitrogens with zero attached hydrogens (tertiary/aromatic N) is 3. The fourth-order valence-corrected chi connectivity index (χ4v) is 3.91. The number of hydrogen-bond donors (Lipinski definition) is 1. The molecule has 1 N–H and O–H groups in total. The molecule has 0 spiro atoms. The van der Waals surface area contributed by atoms with Crippen LogP contribution in [0.2, 0.25) is 0 Å². The van der Waals surface area contributed by atoms with Crippen molar-refractivity contribution in [2.75, 3.05) is 44.2 Å². The molecule has 0 saturated carbocycles. The summed E-state index contributed by atoms with van der Waals surface area (Å²) in [5.41, 5.74) is 1.68. The number of esters is 1. The Morgan fingerprint density at radius 2 is 2.00 bits per heavy atom. The molecule has 1 saturated heterocycles. The van der Waals surface area contributed by atoms with Crippen LogP contribution in [-0.4, -0.2) is 61.1 Å². The second-order valence-electron chi connectivity index (χ2n) is 6.69. The molecule has 2 aromatic heterocycles. The molecule has 0 unspecified atom stereocenters. The number of nitrogens with one attached hydrogen (secondary N) is 1. The minimum absolute atomic E-state index is 0.0539. The van der Waals surface area contributed by atoms with Crippen molar-refractivity contribution in [3.05, 3.63) is 45.8 Å². The first kappa shape index (κ1) is 20.3. The number of rotatable bonds is 7. The lowest BCUT2D eigenvalue weighted by Crippen LogP contribution is -2.49. The number of anilines is 1. The average Bonchev–Trinajstić information content (AvgIpc) is 3.12. The summed E-state index contributed by atoms with van der Waals surface area (Å²) in [6.45, 7) is 8.38. The van der Waals surface area contributed by atoms with E-state index in [1.165, 1.54) is 10.4 Å². The van der Waals surface area contributed by atoms with Gasteiger partial charge in [0.1, 0.15) is 5.82 Å². The molecule has 0 radical (unpaired) electrons. The number of carbonyl (C=O) groups is 2. The van der Waals surface area contributed by atoms with Crippen molar-refractivity contribution in [3.63, 3.8) is 0 Å². The minimum atomic E-state index is -0.352. The molecule has 1 fully saturated rings. The van der Waals surface area contributed by atoms with Gasteiger partial charge in [-0.1, -0.05) is 0 Å². The van der Waals surface area contributed by atoms with Crippen LogP contribution in [0, 0.1) is 6.92 Å². The number of carbonyl (C=O) groups excluding carboxylic acids is 2. The minimum Gasteiger partial charge on any atom is -0.462 e. The van der Waals surface area contributed by atoms with E-state index in [-0.39, 0.29) is 11.9 Å². The number of thiophene rings is 1. The zero-order valence-electron chi connectivity index (χ0n) is 16.3. The first-order chi connectivity index (χ1) is 13.6. The van der Waals surface area contributed by atoms with E-state index in [1.54, 1.807) is 30.5 Å². The number of piperazine rings is 1. The molecule has 28 heavy (non-hydrogen) atoms. The van der Waals surface area contributed by atoms with Gasteiger partial charge < -0.3 is 15.0 Å². The summed E-state index contributed by atoms with van der Waals surface area (Å²) in [4.78, 5) is 33.8. The molecule has 1 amide bonds. The summed E-state index contributed by atoms with van der Waals surface area (Å²) in [6.07, 6.45) is 1.56. The van der Waals surface area contributed by atoms with Gasteiger partial charge in [-0.3, -0.25) is 9.69 Å². The molecular formula is C20H26N4O3S. The molecule has 0 atom stereocenters. The molecule has 0 aromatic carbocycles. The number of hydrogen-bond acceptors (Lipinski definition) is 7. The molecule has 1 aliphatic heterocycles. The first-order valence-electron chi connectivity index (χ1n) is 9.47. The van der Waals surface area contributed by atoms with Gasteiger partial charge in [0.2, 0.25) is 5.91 Å². The molecule has 150 valence electrons. The van der Waals surface area contributed by atoms with Crippen molar-refractivity contribution in [2.45, 2.75) is 20.4 Å². The van der Waals surface area contributed by atoms with Crippen LogP contribution >= 0.6 is 11.3 Å². The summed E-state index contributed by atoms with van der Waals surface area (Å²) < 4.78 is 4.98. The lowest BCUT2D eigenvalue weighted by atomic mass is 10.2. The highest BCUT2D eigenvalue weighted by Crippen LogP contribution is 2.16. The largest absolute Gasteiger partial charge is 0.462 e. The second kappa shape index (κ2) is 9.66. The highest BCUT2D eigenvalue weighted by atomic mass is 32.1. The van der Waals surface area contributed by atoms with Gasteiger partial charge in [0, 0.05) is 37.3 Å². The maximum atomic E-state index is 12.2. The molecule has 0 aliphatic carbocycles. The number of pyridine rings is 1. The molecular weight excluding hydrogens is 376 g/mol. The number of amides is 1. The Hall–Kier alpha value is -2.45. The molecule has 8 heteroatoms. The monoisotopic (exact) mass is 402 g/mol. The first-order valence-corrected chi connectivity index (χ1v) is 10.3. The maximum Gasteiger partial charge on any atom is 0.339 e. The summed E-state index contributed by atoms with van der Waals surface area (Å²) in [6, 6.07) is 5.66. The Bertz CT molecular complexity index is 798. The number of aromatic nitrogens is 1. The van der Waals surface area contributed by atoms with Gasteiger partial charge in [-0.05, 0) is 43.0 Å². The van der Waals surface area contributed by atoms with Gasteiger partial charge in [0.15, 0.2) is 0 Å². The van der Waals surface area contributed by atoms with E-state index < -0.39 is 0 Å². The van der Waals surface area contributed by atoms with E-state index in [4.69, 9.17) is 4.74 Å². The van der Waals surface area contributed by atoms with E-state index in [0.29, 0.717) is 25.3 Å². The highest BCUT2D eigenvalue weighted by molar-refractivity contribution is 7.10. The van der Waals surface area contributed by atoms with Gasteiger partial charge in [-0.25, -0.2) is 9.78 Å². The molecule has 1 aliphatic rings. The van der Waals surface area contributed by atoms with Crippen LogP contribution in [0.25, 0.3) is 0 Å². The number of aryl methyl sites for hydroxylation is 1. The maximum absolute atomic E-state index is 12.2. The SMILES string of the molecule is CCOC(=O)c1ccc(N2CCN(CC(=O)NCc3sccc3C)CC2)nc1. The van der Waals surface area contributed by atoms with Gasteiger partial charge >= 0.3 is 5.97 Å². The Morgan fingerprint density at radius 1 is 1.21 bits per heavy atom. The predicted octanol–water partition coefficient (Wildman–Crippen LogP) is 2.07. The molecule has 7 nitrogen and oxygen atoms in total. The third kappa shape index (κ3) is 5.30. The van der Waals surface area contributed by atoms with E-state index in [9.17, 15) is 9.59 Å². The predicted molar refractivity (Wildman–Crippen MR) is 110 cm³/mol. The fourth-order valence-electron chi connectivity index (χ4n) is 3.07. The molecule has 3 rings (SSSR count). The zero-order chi connectivity index (χ0) is 19.9. The fraction of sp³-hybridized carbons (Fsp3) is 0.450. The molecule has 0 bridgehead atoms. The standard InChI is InChI=1S/C20H26N4O3S/c1-3-27-20(26)16-4-5-18(21-12-16)24-9-7-23(8-10-24)14-19(25)22-13-17-15(2)6-11-28-17/h4-6,11-12H,3,7-10,13-14H2,1-2H3,(H,22,25). The van der Waals surface area contributed by atoms with Crippen molar-refractivity contribution in [1.82, 2.24) is 15.2 Å². The van der Waals surface area contributed by atoms with Crippen LogP contribution < -0.4 is 10.2 Å². The van der Waals surface area contributed by atoms with E-state index >= 15 is 0 Å². The summed E-state index contributed by atoms with van der Waals surface area (Å²) in [7, 11) is 0. The lowest BCUT2D eigenvalue weighted by molar-refractivity contribution is -0.122. The zero-order valence-corrected chi connectivity index (χ0v) is 17.1. The van der Waals surface area contributed by atoms with Gasteiger partial charge in [-0.2, -0.15) is 0 Å². The lowest BCUT2D eigenvalue weighted by Gasteiger charge is -2.35. The Labute approximate surface area is 169 Å². The molecule has 3 heterocycles. The summed E-state index contributed by atoms with van der Waals surface area (Å²) in [5.74, 6) is 0.540. The van der Waals surface area contributed by atoms with Crippen molar-refractivity contribution >= 4 is 29.0 Å². The Morgan fingerprint density at radius 3 is 2.61 bits per heavy atom. The topological polar surface area (TPSA) is 74.8 Å². The van der Waals surface area contributed by atoms with Crippen LogP contribution in [0.5, 0.6) is 0 Å². The van der Waals surface area contributed by atoms with Crippen molar-refractivity contribution in [3.8, 4) is 0 Å². The third-order valence-electron chi connectivity index (χ3n) is 4.74. The smallest absolute Gasteiger partial charge is 0.339 e. The van der Waals surface area contributed by atoms with Crippen LogP contribution in [0.15, 0.2) is 29.8 Å². The van der Waals surface area contributed by atoms with E-state index in [2.05, 4.69) is 33.1 Å². The van der Waals surface area contributed by atoms with E-state index in [1.807, 2.05) is 11.4 Å². The summed E-state index contributed by atoms with van der Waals surface area (Å²) >= 11 is 1.67. The van der Waals surface area contributed by atoms with Gasteiger partial charge in [0.05, 0.1) is 25.3 Å². The van der Waals surface area contributed by atoms with Crippen molar-refractivity contribution in [1.29, 1.82) is 0 Å². The second-order valence-corrected chi connectivity index (χ2v) is 7.69. The quantitative estimate of drug-likeness (QED) is 0.715. The van der Waals surface area contributed by atoms with Crippen LogP contribution in [-0.2, 0) is 16.1 Å². The van der Waals surface area contributed by atoms with Crippen LogP contribution in [0.1, 0.15) is 27.7 Å².